The molecule has 0 aliphatic heterocycles. The minimum atomic E-state index is -0.310. The quantitative estimate of drug-likeness (QED) is 0.558. The molecule has 2 N–H and O–H groups in total. The molecule has 4 nitrogen and oxygen atoms in total. The van der Waals surface area contributed by atoms with Crippen LogP contribution in [0.3, 0.4) is 0 Å². The molecule has 0 atom stereocenters. The molecular formula is C19H16FN3O. The van der Waals surface area contributed by atoms with Crippen LogP contribution in [-0.2, 0) is 4.79 Å². The minimum Gasteiger partial charge on any atom is -0.376 e. The lowest BCUT2D eigenvalue weighted by Crippen LogP contribution is -2.25. The fraction of sp³-hybridized carbons (Fsp3) is 0.0526. The SMILES string of the molecule is O=C(CNc1cccc2ccccc12)N/N=C/c1ccc(F)cc1. The molecule has 0 aliphatic carbocycles. The van der Waals surface area contributed by atoms with Gasteiger partial charge in [0, 0.05) is 11.1 Å². The van der Waals surface area contributed by atoms with Gasteiger partial charge in [-0.3, -0.25) is 4.79 Å². The number of rotatable bonds is 5. The minimum absolute atomic E-state index is 0.106. The maximum absolute atomic E-state index is 12.8. The van der Waals surface area contributed by atoms with Crippen molar-refractivity contribution in [2.75, 3.05) is 11.9 Å². The van der Waals surface area contributed by atoms with Crippen molar-refractivity contribution in [3.05, 3.63) is 78.1 Å². The van der Waals surface area contributed by atoms with Gasteiger partial charge in [-0.25, -0.2) is 9.82 Å². The first kappa shape index (κ1) is 15.7. The van der Waals surface area contributed by atoms with Crippen molar-refractivity contribution in [3.63, 3.8) is 0 Å². The largest absolute Gasteiger partial charge is 0.376 e. The topological polar surface area (TPSA) is 53.5 Å². The normalized spacial score (nSPS) is 10.9. The van der Waals surface area contributed by atoms with Crippen LogP contribution < -0.4 is 10.7 Å². The Labute approximate surface area is 139 Å². The van der Waals surface area contributed by atoms with Crippen molar-refractivity contribution >= 4 is 28.6 Å². The fourth-order valence-electron chi connectivity index (χ4n) is 2.32. The highest BCUT2D eigenvalue weighted by molar-refractivity contribution is 5.95. The smallest absolute Gasteiger partial charge is 0.259 e. The van der Waals surface area contributed by atoms with E-state index in [0.29, 0.717) is 5.56 Å². The van der Waals surface area contributed by atoms with Crippen LogP contribution in [-0.4, -0.2) is 18.7 Å². The van der Waals surface area contributed by atoms with E-state index >= 15 is 0 Å². The summed E-state index contributed by atoms with van der Waals surface area (Å²) in [5.41, 5.74) is 4.04. The van der Waals surface area contributed by atoms with E-state index in [1.165, 1.54) is 18.3 Å². The third-order valence-electron chi connectivity index (χ3n) is 3.50. The Bertz CT molecular complexity index is 870. The van der Waals surface area contributed by atoms with Gasteiger partial charge < -0.3 is 5.32 Å². The summed E-state index contributed by atoms with van der Waals surface area (Å²) in [6.45, 7) is 0.106. The molecule has 24 heavy (non-hydrogen) atoms. The molecule has 0 fully saturated rings. The Morgan fingerprint density at radius 3 is 2.58 bits per heavy atom. The van der Waals surface area contributed by atoms with Gasteiger partial charge in [0.25, 0.3) is 5.91 Å². The fourth-order valence-corrected chi connectivity index (χ4v) is 2.32. The van der Waals surface area contributed by atoms with Gasteiger partial charge in [-0.1, -0.05) is 48.5 Å². The average molecular weight is 321 g/mol. The molecule has 3 aromatic carbocycles. The highest BCUT2D eigenvalue weighted by Gasteiger charge is 2.02. The van der Waals surface area contributed by atoms with Crippen LogP contribution >= 0.6 is 0 Å². The summed E-state index contributed by atoms with van der Waals surface area (Å²) in [6, 6.07) is 19.7. The van der Waals surface area contributed by atoms with Crippen molar-refractivity contribution in [1.29, 1.82) is 0 Å². The van der Waals surface area contributed by atoms with Crippen molar-refractivity contribution in [2.24, 2.45) is 5.10 Å². The van der Waals surface area contributed by atoms with Crippen molar-refractivity contribution < 1.29 is 9.18 Å². The molecule has 0 heterocycles. The van der Waals surface area contributed by atoms with Gasteiger partial charge in [-0.15, -0.1) is 0 Å². The maximum Gasteiger partial charge on any atom is 0.259 e. The molecule has 3 rings (SSSR count). The van der Waals surface area contributed by atoms with Crippen LogP contribution in [0.5, 0.6) is 0 Å². The van der Waals surface area contributed by atoms with E-state index in [4.69, 9.17) is 0 Å². The van der Waals surface area contributed by atoms with Gasteiger partial charge in [-0.2, -0.15) is 5.10 Å². The molecule has 0 unspecified atom stereocenters. The zero-order valence-electron chi connectivity index (χ0n) is 12.9. The number of benzene rings is 3. The van der Waals surface area contributed by atoms with E-state index in [9.17, 15) is 9.18 Å². The first-order chi connectivity index (χ1) is 11.7. The van der Waals surface area contributed by atoms with Crippen molar-refractivity contribution in [2.45, 2.75) is 0 Å². The number of nitrogens with one attached hydrogen (secondary N) is 2. The molecule has 0 bridgehead atoms. The Hall–Kier alpha value is -3.21. The molecule has 0 aromatic heterocycles. The number of nitrogens with zero attached hydrogens (tertiary/aromatic N) is 1. The van der Waals surface area contributed by atoms with E-state index in [0.717, 1.165) is 16.5 Å². The lowest BCUT2D eigenvalue weighted by Gasteiger charge is -2.08. The summed E-state index contributed by atoms with van der Waals surface area (Å²) >= 11 is 0. The zero-order valence-corrected chi connectivity index (χ0v) is 12.9. The van der Waals surface area contributed by atoms with Gasteiger partial charge >= 0.3 is 0 Å². The monoisotopic (exact) mass is 321 g/mol. The summed E-state index contributed by atoms with van der Waals surface area (Å²) in [6.07, 6.45) is 1.47. The molecule has 1 amide bonds. The van der Waals surface area contributed by atoms with Gasteiger partial charge in [0.2, 0.25) is 0 Å². The second-order valence-electron chi connectivity index (χ2n) is 5.22. The van der Waals surface area contributed by atoms with Gasteiger partial charge in [0.1, 0.15) is 5.82 Å². The molecular weight excluding hydrogens is 305 g/mol. The second-order valence-corrected chi connectivity index (χ2v) is 5.22. The van der Waals surface area contributed by atoms with E-state index in [1.54, 1.807) is 12.1 Å². The summed E-state index contributed by atoms with van der Waals surface area (Å²) in [7, 11) is 0. The average Bonchev–Trinajstić information content (AvgIpc) is 2.61. The standard InChI is InChI=1S/C19H16FN3O/c20-16-10-8-14(9-11-16)12-22-23-19(24)13-21-18-7-3-5-15-4-1-2-6-17(15)18/h1-12,21H,13H2,(H,23,24)/b22-12+. The van der Waals surface area contributed by atoms with Crippen LogP contribution in [0, 0.1) is 5.82 Å². The van der Waals surface area contributed by atoms with Crippen molar-refractivity contribution in [1.82, 2.24) is 5.43 Å². The summed E-state index contributed by atoms with van der Waals surface area (Å²) in [5, 5.41) is 9.13. The predicted molar refractivity (Wildman–Crippen MR) is 94.6 cm³/mol. The molecule has 0 saturated carbocycles. The number of amides is 1. The summed E-state index contributed by atoms with van der Waals surface area (Å²) < 4.78 is 12.8. The number of hydrogen-bond donors (Lipinski definition) is 2. The molecule has 0 aliphatic rings. The third kappa shape index (κ3) is 3.95. The number of fused-ring (bicyclic) bond motifs is 1. The number of anilines is 1. The van der Waals surface area contributed by atoms with E-state index in [-0.39, 0.29) is 18.3 Å². The maximum atomic E-state index is 12.8. The number of carbonyl (C=O) groups is 1. The summed E-state index contributed by atoms with van der Waals surface area (Å²) in [5.74, 6) is -0.572. The molecule has 0 spiro atoms. The number of hydrogen-bond acceptors (Lipinski definition) is 3. The zero-order chi connectivity index (χ0) is 16.8. The van der Waals surface area contributed by atoms with E-state index < -0.39 is 0 Å². The first-order valence-corrected chi connectivity index (χ1v) is 7.51. The van der Waals surface area contributed by atoms with E-state index in [2.05, 4.69) is 15.8 Å². The first-order valence-electron chi connectivity index (χ1n) is 7.51. The molecule has 0 saturated heterocycles. The summed E-state index contributed by atoms with van der Waals surface area (Å²) in [4.78, 5) is 11.8. The molecule has 0 radical (unpaired) electrons. The Morgan fingerprint density at radius 2 is 1.75 bits per heavy atom. The molecule has 120 valence electrons. The molecule has 3 aromatic rings. The predicted octanol–water partition coefficient (Wildman–Crippen LogP) is 3.54. The van der Waals surface area contributed by atoms with Crippen LogP contribution in [0.1, 0.15) is 5.56 Å². The van der Waals surface area contributed by atoms with Crippen LogP contribution in [0.4, 0.5) is 10.1 Å². The van der Waals surface area contributed by atoms with Crippen LogP contribution in [0.25, 0.3) is 10.8 Å². The molecule has 5 heteroatoms. The van der Waals surface area contributed by atoms with Gasteiger partial charge in [0.15, 0.2) is 0 Å². The number of hydrazone groups is 1. The van der Waals surface area contributed by atoms with Crippen LogP contribution in [0.15, 0.2) is 71.8 Å². The highest BCUT2D eigenvalue weighted by Crippen LogP contribution is 2.22. The Morgan fingerprint density at radius 1 is 1.00 bits per heavy atom. The van der Waals surface area contributed by atoms with Crippen molar-refractivity contribution in [3.8, 4) is 0 Å². The van der Waals surface area contributed by atoms with Gasteiger partial charge in [-0.05, 0) is 29.1 Å². The number of carbonyl (C=O) groups excluding carboxylic acids is 1. The Balaban J connectivity index is 1.56. The van der Waals surface area contributed by atoms with E-state index in [1.807, 2.05) is 42.5 Å². The number of halogens is 1. The van der Waals surface area contributed by atoms with Crippen LogP contribution in [0.2, 0.25) is 0 Å². The van der Waals surface area contributed by atoms with Gasteiger partial charge in [0.05, 0.1) is 12.8 Å². The lowest BCUT2D eigenvalue weighted by molar-refractivity contribution is -0.119. The Kier molecular flexibility index (Phi) is 4.81. The lowest BCUT2D eigenvalue weighted by atomic mass is 10.1. The highest BCUT2D eigenvalue weighted by atomic mass is 19.1. The second kappa shape index (κ2) is 7.37. The third-order valence-corrected chi connectivity index (χ3v) is 3.50.